The van der Waals surface area contributed by atoms with E-state index in [1.807, 2.05) is 42.5 Å². The molecule has 0 spiro atoms. The predicted molar refractivity (Wildman–Crippen MR) is 119 cm³/mol. The van der Waals surface area contributed by atoms with Gasteiger partial charge in [-0.05, 0) is 54.0 Å². The summed E-state index contributed by atoms with van der Waals surface area (Å²) in [6.45, 7) is 0. The van der Waals surface area contributed by atoms with Crippen molar-refractivity contribution in [3.63, 3.8) is 0 Å². The zero-order chi connectivity index (χ0) is 21.1. The summed E-state index contributed by atoms with van der Waals surface area (Å²) < 4.78 is 0. The standard InChI is InChI=1S/C26H20N2O3/c29-24(27-21-7-3-5-15-4-1-2-6-20(15)21)16-10-12-19(13-11-16)28-25(30)22-17-8-9-18(14-17)23(22)26(28)31/h1-13,17-18,22-23H,14H2,(H,27,29)/t17-,18+,22-,23+. The van der Waals surface area contributed by atoms with Gasteiger partial charge in [0, 0.05) is 16.6 Å². The van der Waals surface area contributed by atoms with Crippen LogP contribution in [-0.4, -0.2) is 17.7 Å². The summed E-state index contributed by atoms with van der Waals surface area (Å²) in [5.74, 6) is -0.543. The number of carbonyl (C=O) groups is 3. The fourth-order valence-electron chi connectivity index (χ4n) is 5.45. The lowest BCUT2D eigenvalue weighted by molar-refractivity contribution is -0.123. The van der Waals surface area contributed by atoms with Crippen molar-refractivity contribution in [3.05, 3.63) is 84.4 Å². The second-order valence-corrected chi connectivity index (χ2v) is 8.54. The minimum atomic E-state index is -0.235. The molecule has 2 fully saturated rings. The number of carbonyl (C=O) groups excluding carboxylic acids is 3. The Hall–Kier alpha value is -3.73. The van der Waals surface area contributed by atoms with Crippen molar-refractivity contribution in [1.82, 2.24) is 0 Å². The van der Waals surface area contributed by atoms with Gasteiger partial charge in [-0.25, -0.2) is 0 Å². The lowest BCUT2D eigenvalue weighted by atomic mass is 9.85. The summed E-state index contributed by atoms with van der Waals surface area (Å²) in [4.78, 5) is 40.0. The van der Waals surface area contributed by atoms with E-state index >= 15 is 0 Å². The second kappa shape index (κ2) is 6.64. The Bertz CT molecular complexity index is 1240. The smallest absolute Gasteiger partial charge is 0.255 e. The normalized spacial score (nSPS) is 26.0. The molecule has 5 heteroatoms. The first-order chi connectivity index (χ1) is 15.1. The van der Waals surface area contributed by atoms with E-state index in [2.05, 4.69) is 17.5 Å². The number of benzene rings is 3. The van der Waals surface area contributed by atoms with E-state index < -0.39 is 0 Å². The Kier molecular flexibility index (Phi) is 3.87. The van der Waals surface area contributed by atoms with Crippen LogP contribution in [0.2, 0.25) is 0 Å². The van der Waals surface area contributed by atoms with Crippen LogP contribution in [0.1, 0.15) is 16.8 Å². The van der Waals surface area contributed by atoms with Gasteiger partial charge in [0.2, 0.25) is 11.8 Å². The molecule has 3 aromatic carbocycles. The van der Waals surface area contributed by atoms with Crippen LogP contribution in [0.15, 0.2) is 78.9 Å². The fourth-order valence-corrected chi connectivity index (χ4v) is 5.45. The van der Waals surface area contributed by atoms with Crippen molar-refractivity contribution in [2.24, 2.45) is 23.7 Å². The quantitative estimate of drug-likeness (QED) is 0.516. The highest BCUT2D eigenvalue weighted by Crippen LogP contribution is 2.53. The van der Waals surface area contributed by atoms with Crippen molar-refractivity contribution in [3.8, 4) is 0 Å². The number of fused-ring (bicyclic) bond motifs is 6. The Morgan fingerprint density at radius 3 is 2.16 bits per heavy atom. The first kappa shape index (κ1) is 18.1. The van der Waals surface area contributed by atoms with E-state index in [0.717, 1.165) is 22.9 Å². The SMILES string of the molecule is O=C(Nc1cccc2ccccc12)c1ccc(N2C(=O)[C@@H]3[C@H](C2=O)[C@@H]2C=C[C@H]3C2)cc1. The van der Waals surface area contributed by atoms with Crippen LogP contribution in [0, 0.1) is 23.7 Å². The number of hydrogen-bond acceptors (Lipinski definition) is 3. The van der Waals surface area contributed by atoms with E-state index in [4.69, 9.17) is 0 Å². The zero-order valence-corrected chi connectivity index (χ0v) is 16.7. The first-order valence-corrected chi connectivity index (χ1v) is 10.6. The molecule has 3 aliphatic rings. The van der Waals surface area contributed by atoms with E-state index in [-0.39, 0.29) is 41.4 Å². The molecule has 2 bridgehead atoms. The molecule has 0 radical (unpaired) electrons. The van der Waals surface area contributed by atoms with Gasteiger partial charge in [-0.2, -0.15) is 0 Å². The Balaban J connectivity index is 1.24. The van der Waals surface area contributed by atoms with Gasteiger partial charge in [0.25, 0.3) is 5.91 Å². The molecule has 1 heterocycles. The molecule has 1 saturated carbocycles. The van der Waals surface area contributed by atoms with Crippen molar-refractivity contribution < 1.29 is 14.4 Å². The molecule has 6 rings (SSSR count). The van der Waals surface area contributed by atoms with Crippen LogP contribution in [0.4, 0.5) is 11.4 Å². The molecular weight excluding hydrogens is 388 g/mol. The molecule has 3 amide bonds. The number of hydrogen-bond donors (Lipinski definition) is 1. The maximum Gasteiger partial charge on any atom is 0.255 e. The van der Waals surface area contributed by atoms with Gasteiger partial charge >= 0.3 is 0 Å². The maximum atomic E-state index is 13.0. The van der Waals surface area contributed by atoms with Gasteiger partial charge in [-0.15, -0.1) is 0 Å². The molecule has 4 atom stereocenters. The van der Waals surface area contributed by atoms with Gasteiger partial charge < -0.3 is 5.32 Å². The van der Waals surface area contributed by atoms with Crippen molar-refractivity contribution in [2.45, 2.75) is 6.42 Å². The number of nitrogens with one attached hydrogen (secondary N) is 1. The third kappa shape index (κ3) is 2.66. The zero-order valence-electron chi connectivity index (χ0n) is 16.7. The highest BCUT2D eigenvalue weighted by Gasteiger charge is 2.59. The fraction of sp³-hybridized carbons (Fsp3) is 0.192. The van der Waals surface area contributed by atoms with E-state index in [9.17, 15) is 14.4 Å². The molecule has 1 aliphatic heterocycles. The number of imide groups is 1. The lowest BCUT2D eigenvalue weighted by Gasteiger charge is -2.17. The maximum absolute atomic E-state index is 13.0. The van der Waals surface area contributed by atoms with E-state index in [1.54, 1.807) is 24.3 Å². The Labute approximate surface area is 179 Å². The average Bonchev–Trinajstić information content (AvgIpc) is 3.48. The number of nitrogens with zero attached hydrogens (tertiary/aromatic N) is 1. The summed E-state index contributed by atoms with van der Waals surface area (Å²) in [6, 6.07) is 20.3. The summed E-state index contributed by atoms with van der Waals surface area (Å²) in [7, 11) is 0. The van der Waals surface area contributed by atoms with Gasteiger partial charge in [0.15, 0.2) is 0 Å². The van der Waals surface area contributed by atoms with Crippen LogP contribution < -0.4 is 10.2 Å². The molecular formula is C26H20N2O3. The summed E-state index contributed by atoms with van der Waals surface area (Å²) >= 11 is 0. The highest BCUT2D eigenvalue weighted by atomic mass is 16.2. The van der Waals surface area contributed by atoms with E-state index in [0.29, 0.717) is 11.3 Å². The largest absolute Gasteiger partial charge is 0.321 e. The van der Waals surface area contributed by atoms with Crippen LogP contribution >= 0.6 is 0 Å². The van der Waals surface area contributed by atoms with Gasteiger partial charge in [0.05, 0.1) is 17.5 Å². The number of amides is 3. The van der Waals surface area contributed by atoms with Crippen LogP contribution in [0.25, 0.3) is 10.8 Å². The van der Waals surface area contributed by atoms with Gasteiger partial charge in [0.1, 0.15) is 0 Å². The summed E-state index contributed by atoms with van der Waals surface area (Å²) in [5.41, 5.74) is 1.75. The van der Waals surface area contributed by atoms with Gasteiger partial charge in [-0.3, -0.25) is 19.3 Å². The van der Waals surface area contributed by atoms with Crippen molar-refractivity contribution in [1.29, 1.82) is 0 Å². The molecule has 1 N–H and O–H groups in total. The third-order valence-electron chi connectivity index (χ3n) is 6.90. The van der Waals surface area contributed by atoms with Crippen LogP contribution in [0.3, 0.4) is 0 Å². The van der Waals surface area contributed by atoms with Gasteiger partial charge in [-0.1, -0.05) is 48.6 Å². The third-order valence-corrected chi connectivity index (χ3v) is 6.90. The molecule has 0 unspecified atom stereocenters. The Morgan fingerprint density at radius 1 is 0.806 bits per heavy atom. The molecule has 31 heavy (non-hydrogen) atoms. The number of allylic oxidation sites excluding steroid dienone is 2. The molecule has 1 saturated heterocycles. The summed E-state index contributed by atoms with van der Waals surface area (Å²) in [5, 5.41) is 4.99. The minimum Gasteiger partial charge on any atom is -0.321 e. The predicted octanol–water partition coefficient (Wildman–Crippen LogP) is 4.40. The monoisotopic (exact) mass is 408 g/mol. The number of anilines is 2. The summed E-state index contributed by atoms with van der Waals surface area (Å²) in [6.07, 6.45) is 5.08. The number of rotatable bonds is 3. The average molecular weight is 408 g/mol. The van der Waals surface area contributed by atoms with Crippen molar-refractivity contribution >= 4 is 39.9 Å². The molecule has 0 aromatic heterocycles. The molecule has 3 aromatic rings. The topological polar surface area (TPSA) is 66.5 Å². The highest BCUT2D eigenvalue weighted by molar-refractivity contribution is 6.23. The van der Waals surface area contributed by atoms with Crippen LogP contribution in [-0.2, 0) is 9.59 Å². The molecule has 5 nitrogen and oxygen atoms in total. The lowest BCUT2D eigenvalue weighted by Crippen LogP contribution is -2.32. The molecule has 2 aliphatic carbocycles. The second-order valence-electron chi connectivity index (χ2n) is 8.54. The molecule has 152 valence electrons. The first-order valence-electron chi connectivity index (χ1n) is 10.6. The van der Waals surface area contributed by atoms with E-state index in [1.165, 1.54) is 4.90 Å². The van der Waals surface area contributed by atoms with Crippen LogP contribution in [0.5, 0.6) is 0 Å². The Morgan fingerprint density at radius 2 is 1.45 bits per heavy atom. The van der Waals surface area contributed by atoms with Crippen molar-refractivity contribution in [2.75, 3.05) is 10.2 Å². The minimum absolute atomic E-state index is 0.111.